The lowest BCUT2D eigenvalue weighted by Gasteiger charge is -2.30. The van der Waals surface area contributed by atoms with E-state index in [1.165, 1.54) is 36.1 Å². The SMILES string of the molecule is CC(C)C(CN)c1cncn1C1CCCc2ccccc21. The predicted molar refractivity (Wildman–Crippen MR) is 86.4 cm³/mol. The number of nitrogens with zero attached hydrogens (tertiary/aromatic N) is 2. The molecule has 0 saturated heterocycles. The van der Waals surface area contributed by atoms with Crippen molar-refractivity contribution in [2.75, 3.05) is 6.54 Å². The number of hydrogen-bond donors (Lipinski definition) is 1. The molecule has 0 amide bonds. The highest BCUT2D eigenvalue weighted by molar-refractivity contribution is 5.33. The maximum Gasteiger partial charge on any atom is 0.0954 e. The first-order valence-electron chi connectivity index (χ1n) is 8.02. The molecule has 0 fully saturated rings. The van der Waals surface area contributed by atoms with Gasteiger partial charge in [-0.1, -0.05) is 38.1 Å². The quantitative estimate of drug-likeness (QED) is 0.933. The number of benzene rings is 1. The normalized spacial score (nSPS) is 19.5. The smallest absolute Gasteiger partial charge is 0.0954 e. The van der Waals surface area contributed by atoms with E-state index in [0.717, 1.165) is 0 Å². The molecule has 3 rings (SSSR count). The van der Waals surface area contributed by atoms with Crippen molar-refractivity contribution in [3.8, 4) is 0 Å². The van der Waals surface area contributed by atoms with Gasteiger partial charge in [0.05, 0.1) is 12.4 Å². The third-order valence-corrected chi connectivity index (χ3v) is 4.81. The predicted octanol–water partition coefficient (Wildman–Crippen LogP) is 3.51. The Bertz CT molecular complexity index is 600. The fourth-order valence-electron chi connectivity index (χ4n) is 3.61. The standard InChI is InChI=1S/C18H25N3/c1-13(2)16(10-19)18-11-20-12-21(18)17-9-5-7-14-6-3-4-8-15(14)17/h3-4,6,8,11-13,16-17H,5,7,9-10,19H2,1-2H3. The monoisotopic (exact) mass is 283 g/mol. The zero-order valence-corrected chi connectivity index (χ0v) is 13.0. The molecule has 2 unspecified atom stereocenters. The Balaban J connectivity index is 2.01. The molecule has 1 aliphatic carbocycles. The van der Waals surface area contributed by atoms with Gasteiger partial charge in [0.25, 0.3) is 0 Å². The molecule has 0 bridgehead atoms. The van der Waals surface area contributed by atoms with Gasteiger partial charge in [0.2, 0.25) is 0 Å². The number of imidazole rings is 1. The lowest BCUT2D eigenvalue weighted by Crippen LogP contribution is -2.24. The number of hydrogen-bond acceptors (Lipinski definition) is 2. The van der Waals surface area contributed by atoms with Gasteiger partial charge in [-0.2, -0.15) is 0 Å². The Morgan fingerprint density at radius 2 is 2.14 bits per heavy atom. The van der Waals surface area contributed by atoms with E-state index in [1.54, 1.807) is 0 Å². The van der Waals surface area contributed by atoms with Crippen LogP contribution in [0.5, 0.6) is 0 Å². The molecule has 3 nitrogen and oxygen atoms in total. The summed E-state index contributed by atoms with van der Waals surface area (Å²) < 4.78 is 2.37. The molecule has 21 heavy (non-hydrogen) atoms. The van der Waals surface area contributed by atoms with Crippen LogP contribution >= 0.6 is 0 Å². The van der Waals surface area contributed by atoms with Crippen LogP contribution in [0.3, 0.4) is 0 Å². The number of aryl methyl sites for hydroxylation is 1. The summed E-state index contributed by atoms with van der Waals surface area (Å²) in [6.45, 7) is 5.16. The molecule has 2 N–H and O–H groups in total. The second kappa shape index (κ2) is 6.02. The fourth-order valence-corrected chi connectivity index (χ4v) is 3.61. The molecule has 0 radical (unpaired) electrons. The average Bonchev–Trinajstić information content (AvgIpc) is 2.96. The number of aromatic nitrogens is 2. The highest BCUT2D eigenvalue weighted by Gasteiger charge is 2.26. The van der Waals surface area contributed by atoms with Gasteiger partial charge in [0.1, 0.15) is 0 Å². The average molecular weight is 283 g/mol. The summed E-state index contributed by atoms with van der Waals surface area (Å²) >= 11 is 0. The van der Waals surface area contributed by atoms with Gasteiger partial charge in [0.15, 0.2) is 0 Å². The van der Waals surface area contributed by atoms with Crippen molar-refractivity contribution in [1.29, 1.82) is 0 Å². The van der Waals surface area contributed by atoms with E-state index in [4.69, 9.17) is 5.73 Å². The van der Waals surface area contributed by atoms with Crippen molar-refractivity contribution in [3.63, 3.8) is 0 Å². The van der Waals surface area contributed by atoms with Gasteiger partial charge in [-0.3, -0.25) is 0 Å². The molecule has 0 aliphatic heterocycles. The first-order chi connectivity index (χ1) is 10.2. The summed E-state index contributed by atoms with van der Waals surface area (Å²) in [6, 6.07) is 9.25. The first kappa shape index (κ1) is 14.3. The summed E-state index contributed by atoms with van der Waals surface area (Å²) in [6.07, 6.45) is 7.63. The number of rotatable bonds is 4. The largest absolute Gasteiger partial charge is 0.330 e. The maximum absolute atomic E-state index is 6.02. The molecule has 1 aromatic carbocycles. The molecule has 1 heterocycles. The van der Waals surface area contributed by atoms with Crippen LogP contribution in [0.15, 0.2) is 36.8 Å². The summed E-state index contributed by atoms with van der Waals surface area (Å²) in [5.41, 5.74) is 10.3. The molecule has 0 spiro atoms. The zero-order chi connectivity index (χ0) is 14.8. The van der Waals surface area contributed by atoms with Crippen molar-refractivity contribution >= 4 is 0 Å². The lowest BCUT2D eigenvalue weighted by atomic mass is 9.86. The summed E-state index contributed by atoms with van der Waals surface area (Å²) in [5.74, 6) is 0.908. The van der Waals surface area contributed by atoms with E-state index in [2.05, 4.69) is 47.7 Å². The highest BCUT2D eigenvalue weighted by Crippen LogP contribution is 2.35. The molecule has 1 aliphatic rings. The van der Waals surface area contributed by atoms with Crippen molar-refractivity contribution in [2.45, 2.75) is 45.1 Å². The maximum atomic E-state index is 6.02. The van der Waals surface area contributed by atoms with Crippen molar-refractivity contribution < 1.29 is 0 Å². The van der Waals surface area contributed by atoms with Crippen LogP contribution in [0.1, 0.15) is 55.5 Å². The number of nitrogens with two attached hydrogens (primary N) is 1. The second-order valence-corrected chi connectivity index (χ2v) is 6.42. The third kappa shape index (κ3) is 2.62. The van der Waals surface area contributed by atoms with Crippen LogP contribution < -0.4 is 5.73 Å². The zero-order valence-electron chi connectivity index (χ0n) is 13.0. The third-order valence-electron chi connectivity index (χ3n) is 4.81. The van der Waals surface area contributed by atoms with Crippen LogP contribution in [-0.2, 0) is 6.42 Å². The Kier molecular flexibility index (Phi) is 4.11. The van der Waals surface area contributed by atoms with Crippen LogP contribution in [0.4, 0.5) is 0 Å². The van der Waals surface area contributed by atoms with Gasteiger partial charge in [0, 0.05) is 24.4 Å². The Morgan fingerprint density at radius 1 is 1.33 bits per heavy atom. The molecule has 2 atom stereocenters. The van der Waals surface area contributed by atoms with Gasteiger partial charge < -0.3 is 10.3 Å². The van der Waals surface area contributed by atoms with Crippen molar-refractivity contribution in [3.05, 3.63) is 53.6 Å². The van der Waals surface area contributed by atoms with Gasteiger partial charge >= 0.3 is 0 Å². The highest BCUT2D eigenvalue weighted by atomic mass is 15.1. The van der Waals surface area contributed by atoms with Crippen molar-refractivity contribution in [1.82, 2.24) is 9.55 Å². The summed E-state index contributed by atoms with van der Waals surface area (Å²) in [5, 5.41) is 0. The van der Waals surface area contributed by atoms with E-state index in [1.807, 2.05) is 12.5 Å². The van der Waals surface area contributed by atoms with Crippen molar-refractivity contribution in [2.24, 2.45) is 11.7 Å². The minimum Gasteiger partial charge on any atom is -0.330 e. The van der Waals surface area contributed by atoms with E-state index < -0.39 is 0 Å². The van der Waals surface area contributed by atoms with Gasteiger partial charge in [-0.05, 0) is 36.3 Å². The minimum absolute atomic E-state index is 0.376. The first-order valence-corrected chi connectivity index (χ1v) is 8.02. The van der Waals surface area contributed by atoms with E-state index in [0.29, 0.717) is 24.4 Å². The van der Waals surface area contributed by atoms with Crippen LogP contribution in [0.25, 0.3) is 0 Å². The van der Waals surface area contributed by atoms with Gasteiger partial charge in [-0.15, -0.1) is 0 Å². The minimum atomic E-state index is 0.376. The Labute approximate surface area is 127 Å². The molecular formula is C18H25N3. The molecule has 112 valence electrons. The van der Waals surface area contributed by atoms with E-state index in [9.17, 15) is 0 Å². The summed E-state index contributed by atoms with van der Waals surface area (Å²) in [4.78, 5) is 4.43. The second-order valence-electron chi connectivity index (χ2n) is 6.42. The molecule has 0 saturated carbocycles. The topological polar surface area (TPSA) is 43.8 Å². The molecule has 1 aromatic heterocycles. The fraction of sp³-hybridized carbons (Fsp3) is 0.500. The van der Waals surface area contributed by atoms with Crippen LogP contribution in [0, 0.1) is 5.92 Å². The Morgan fingerprint density at radius 3 is 2.90 bits per heavy atom. The van der Waals surface area contributed by atoms with E-state index in [-0.39, 0.29) is 0 Å². The van der Waals surface area contributed by atoms with Crippen LogP contribution in [-0.4, -0.2) is 16.1 Å². The summed E-state index contributed by atoms with van der Waals surface area (Å²) in [7, 11) is 0. The lowest BCUT2D eigenvalue weighted by molar-refractivity contribution is 0.428. The molecule has 3 heteroatoms. The number of fused-ring (bicyclic) bond motifs is 1. The van der Waals surface area contributed by atoms with E-state index >= 15 is 0 Å². The van der Waals surface area contributed by atoms with Crippen LogP contribution in [0.2, 0.25) is 0 Å². The molecular weight excluding hydrogens is 258 g/mol. The molecule has 2 aromatic rings. The van der Waals surface area contributed by atoms with Gasteiger partial charge in [-0.25, -0.2) is 4.98 Å². The Hall–Kier alpha value is -1.61.